The molecule has 2 saturated heterocycles. The van der Waals surface area contributed by atoms with Crippen molar-refractivity contribution in [1.29, 1.82) is 0 Å². The molecule has 35 heavy (non-hydrogen) atoms. The summed E-state index contributed by atoms with van der Waals surface area (Å²) in [6.07, 6.45) is -9.88. The van der Waals surface area contributed by atoms with Gasteiger partial charge in [0, 0.05) is 0 Å². The maximum absolute atomic E-state index is 14.7. The predicted octanol–water partition coefficient (Wildman–Crippen LogP) is 6.02. The van der Waals surface area contributed by atoms with Gasteiger partial charge in [-0.1, -0.05) is 36.4 Å². The third-order valence-electron chi connectivity index (χ3n) is 5.69. The summed E-state index contributed by atoms with van der Waals surface area (Å²) in [5.41, 5.74) is -6.02. The van der Waals surface area contributed by atoms with Crippen LogP contribution in [0.2, 0.25) is 0 Å². The van der Waals surface area contributed by atoms with Gasteiger partial charge in [0.25, 0.3) is 0 Å². The average molecular weight is 500 g/mol. The Balaban J connectivity index is 1.92. The largest absolute Gasteiger partial charge is 0.462 e. The first-order valence-electron chi connectivity index (χ1n) is 10.7. The first-order valence-corrected chi connectivity index (χ1v) is 10.7. The highest BCUT2D eigenvalue weighted by molar-refractivity contribution is 5.52. The Morgan fingerprint density at radius 2 is 1.11 bits per heavy atom. The Morgan fingerprint density at radius 1 is 0.743 bits per heavy atom. The second-order valence-corrected chi connectivity index (χ2v) is 8.14. The van der Waals surface area contributed by atoms with E-state index >= 15 is 0 Å². The van der Waals surface area contributed by atoms with E-state index < -0.39 is 41.5 Å². The SMILES string of the molecule is C=CCc1cc(C(c2ccc(OC3CO3)c(CC=C)c2)(C(F)(F)F)C(F)(F)F)ccc1OC1CO1. The molecule has 0 aliphatic carbocycles. The summed E-state index contributed by atoms with van der Waals surface area (Å²) in [7, 11) is 0. The number of rotatable bonds is 10. The van der Waals surface area contributed by atoms with Crippen LogP contribution in [0.4, 0.5) is 26.3 Å². The van der Waals surface area contributed by atoms with Gasteiger partial charge in [0.2, 0.25) is 18.0 Å². The van der Waals surface area contributed by atoms with Gasteiger partial charge in [-0.25, -0.2) is 0 Å². The highest BCUT2D eigenvalue weighted by Crippen LogP contribution is 2.57. The van der Waals surface area contributed by atoms with E-state index in [-0.39, 0.29) is 48.7 Å². The Morgan fingerprint density at radius 3 is 1.40 bits per heavy atom. The lowest BCUT2D eigenvalue weighted by Crippen LogP contribution is -2.54. The summed E-state index contributed by atoms with van der Waals surface area (Å²) in [4.78, 5) is 0. The fraction of sp³-hybridized carbons (Fsp3) is 0.360. The minimum atomic E-state index is -5.73. The zero-order valence-electron chi connectivity index (χ0n) is 18.4. The van der Waals surface area contributed by atoms with Gasteiger partial charge in [-0.3, -0.25) is 0 Å². The Kier molecular flexibility index (Phi) is 6.63. The molecule has 0 radical (unpaired) electrons. The standard InChI is InChI=1S/C25H22F6O4/c1-3-5-15-11-17(7-9-19(15)34-21-13-32-21)23(24(26,27)28,25(29,30)31)18-8-10-20(35-22-14-33-22)16(12-18)6-4-2/h3-4,7-12,21-22H,1-2,5-6,13-14H2. The van der Waals surface area contributed by atoms with Crippen LogP contribution in [-0.2, 0) is 27.7 Å². The van der Waals surface area contributed by atoms with Crippen molar-refractivity contribution in [3.8, 4) is 11.5 Å². The van der Waals surface area contributed by atoms with Gasteiger partial charge >= 0.3 is 12.4 Å². The molecule has 0 aromatic heterocycles. The van der Waals surface area contributed by atoms with Gasteiger partial charge in [-0.2, -0.15) is 26.3 Å². The van der Waals surface area contributed by atoms with Crippen LogP contribution in [0, 0.1) is 0 Å². The number of hydrogen-bond donors (Lipinski definition) is 0. The molecule has 0 N–H and O–H groups in total. The van der Waals surface area contributed by atoms with Crippen LogP contribution in [0.1, 0.15) is 22.3 Å². The number of alkyl halides is 6. The summed E-state index contributed by atoms with van der Waals surface area (Å²) >= 11 is 0. The fourth-order valence-corrected chi connectivity index (χ4v) is 3.97. The van der Waals surface area contributed by atoms with Crippen LogP contribution in [0.25, 0.3) is 0 Å². The van der Waals surface area contributed by atoms with Crippen LogP contribution >= 0.6 is 0 Å². The average Bonchev–Trinajstić information content (AvgIpc) is 3.67. The molecule has 0 amide bonds. The van der Waals surface area contributed by atoms with Gasteiger partial charge in [-0.05, 0) is 47.2 Å². The maximum atomic E-state index is 14.7. The molecule has 2 fully saturated rings. The molecule has 2 aromatic rings. The molecule has 2 unspecified atom stereocenters. The molecule has 4 nitrogen and oxygen atoms in total. The first-order chi connectivity index (χ1) is 16.5. The van der Waals surface area contributed by atoms with Crippen LogP contribution < -0.4 is 9.47 Å². The zero-order chi connectivity index (χ0) is 25.4. The summed E-state index contributed by atoms with van der Waals surface area (Å²) < 4.78 is 109. The summed E-state index contributed by atoms with van der Waals surface area (Å²) in [5, 5.41) is 0. The number of epoxide rings is 2. The number of allylic oxidation sites excluding steroid dienone is 2. The third kappa shape index (κ3) is 4.90. The summed E-state index contributed by atoms with van der Waals surface area (Å²) in [6.45, 7) is 7.67. The van der Waals surface area contributed by atoms with E-state index in [2.05, 4.69) is 13.2 Å². The van der Waals surface area contributed by atoms with E-state index in [1.807, 2.05) is 0 Å². The first kappa shape index (κ1) is 25.1. The van der Waals surface area contributed by atoms with Gasteiger partial charge in [0.1, 0.15) is 24.7 Å². The lowest BCUT2D eigenvalue weighted by molar-refractivity contribution is -0.288. The van der Waals surface area contributed by atoms with Crippen molar-refractivity contribution < 1.29 is 45.3 Å². The van der Waals surface area contributed by atoms with Crippen LogP contribution in [0.3, 0.4) is 0 Å². The molecular formula is C25H22F6O4. The van der Waals surface area contributed by atoms with Crippen molar-refractivity contribution in [3.63, 3.8) is 0 Å². The lowest BCUT2D eigenvalue weighted by atomic mass is 9.72. The van der Waals surface area contributed by atoms with Crippen LogP contribution in [-0.4, -0.2) is 38.1 Å². The Labute approximate surface area is 197 Å². The molecule has 2 heterocycles. The molecule has 4 rings (SSSR count). The molecule has 188 valence electrons. The van der Waals surface area contributed by atoms with E-state index in [0.717, 1.165) is 36.4 Å². The summed E-state index contributed by atoms with van der Waals surface area (Å²) in [5.74, 6) is 0.268. The topological polar surface area (TPSA) is 43.5 Å². The van der Waals surface area contributed by atoms with E-state index in [4.69, 9.17) is 18.9 Å². The third-order valence-corrected chi connectivity index (χ3v) is 5.69. The number of benzene rings is 2. The van der Waals surface area contributed by atoms with E-state index in [1.165, 1.54) is 12.2 Å². The molecule has 2 aliphatic heterocycles. The van der Waals surface area contributed by atoms with Crippen molar-refractivity contribution in [2.75, 3.05) is 13.2 Å². The molecule has 0 spiro atoms. The highest BCUT2D eigenvalue weighted by Gasteiger charge is 2.72. The molecule has 10 heteroatoms. The molecule has 2 aliphatic rings. The molecule has 0 bridgehead atoms. The lowest BCUT2D eigenvalue weighted by Gasteiger charge is -2.39. The van der Waals surface area contributed by atoms with Crippen molar-refractivity contribution in [1.82, 2.24) is 0 Å². The second kappa shape index (κ2) is 9.23. The fourth-order valence-electron chi connectivity index (χ4n) is 3.97. The molecule has 2 atom stereocenters. The van der Waals surface area contributed by atoms with Gasteiger partial charge in [0.05, 0.1) is 0 Å². The van der Waals surface area contributed by atoms with Gasteiger partial charge < -0.3 is 18.9 Å². The van der Waals surface area contributed by atoms with Crippen LogP contribution in [0.15, 0.2) is 61.7 Å². The molecular weight excluding hydrogens is 478 g/mol. The van der Waals surface area contributed by atoms with E-state index in [9.17, 15) is 26.3 Å². The van der Waals surface area contributed by atoms with Gasteiger partial charge in [-0.15, -0.1) is 13.2 Å². The Bertz CT molecular complexity index is 1010. The molecule has 2 aromatic carbocycles. The second-order valence-electron chi connectivity index (χ2n) is 8.14. The predicted molar refractivity (Wildman–Crippen MR) is 114 cm³/mol. The maximum Gasteiger partial charge on any atom is 0.411 e. The zero-order valence-corrected chi connectivity index (χ0v) is 18.4. The van der Waals surface area contributed by atoms with Crippen molar-refractivity contribution in [2.24, 2.45) is 0 Å². The minimum absolute atomic E-state index is 0.00241. The Hall–Kier alpha value is -2.98. The van der Waals surface area contributed by atoms with Crippen LogP contribution in [0.5, 0.6) is 11.5 Å². The van der Waals surface area contributed by atoms with Crippen molar-refractivity contribution in [2.45, 2.75) is 43.2 Å². The highest BCUT2D eigenvalue weighted by atomic mass is 19.4. The number of halogens is 6. The van der Waals surface area contributed by atoms with Crippen molar-refractivity contribution in [3.05, 3.63) is 84.0 Å². The normalized spacial score (nSPS) is 19.7. The van der Waals surface area contributed by atoms with E-state index in [0.29, 0.717) is 0 Å². The number of hydrogen-bond acceptors (Lipinski definition) is 4. The minimum Gasteiger partial charge on any atom is -0.462 e. The smallest absolute Gasteiger partial charge is 0.411 e. The van der Waals surface area contributed by atoms with Crippen molar-refractivity contribution >= 4 is 0 Å². The quantitative estimate of drug-likeness (QED) is 0.227. The number of ether oxygens (including phenoxy) is 4. The monoisotopic (exact) mass is 500 g/mol. The summed E-state index contributed by atoms with van der Waals surface area (Å²) in [6, 6.07) is 5.54. The van der Waals surface area contributed by atoms with E-state index in [1.54, 1.807) is 0 Å². The molecule has 0 saturated carbocycles. The van der Waals surface area contributed by atoms with Gasteiger partial charge in [0.15, 0.2) is 0 Å².